The molecule has 0 saturated carbocycles. The number of fused-ring (bicyclic) bond motifs is 1. The minimum absolute atomic E-state index is 0.142. The van der Waals surface area contributed by atoms with Crippen molar-refractivity contribution in [2.24, 2.45) is 0 Å². The van der Waals surface area contributed by atoms with Crippen molar-refractivity contribution in [3.8, 4) is 0 Å². The molecule has 6 heteroatoms. The third-order valence-corrected chi connectivity index (χ3v) is 3.59. The predicted molar refractivity (Wildman–Crippen MR) is 85.7 cm³/mol. The molecular formula is C16H19N5O. The van der Waals surface area contributed by atoms with Crippen LogP contribution in [0, 0.1) is 0 Å². The molecule has 1 unspecified atom stereocenters. The molecular weight excluding hydrogens is 278 g/mol. The number of nitrogens with zero attached hydrogens (tertiary/aromatic N) is 4. The van der Waals surface area contributed by atoms with E-state index in [-0.39, 0.29) is 6.04 Å². The highest BCUT2D eigenvalue weighted by Crippen LogP contribution is 2.22. The molecule has 0 radical (unpaired) electrons. The summed E-state index contributed by atoms with van der Waals surface area (Å²) < 4.78 is 7.08. The van der Waals surface area contributed by atoms with Crippen molar-refractivity contribution in [2.45, 2.75) is 19.5 Å². The quantitative estimate of drug-likeness (QED) is 0.757. The van der Waals surface area contributed by atoms with Gasteiger partial charge < -0.3 is 14.6 Å². The second-order valence-electron chi connectivity index (χ2n) is 5.10. The Bertz CT molecular complexity index is 741. The Labute approximate surface area is 129 Å². The van der Waals surface area contributed by atoms with Crippen molar-refractivity contribution in [3.63, 3.8) is 0 Å². The lowest BCUT2D eigenvalue weighted by Gasteiger charge is -2.14. The van der Waals surface area contributed by atoms with Gasteiger partial charge in [0, 0.05) is 13.7 Å². The van der Waals surface area contributed by atoms with Crippen LogP contribution in [0.1, 0.15) is 18.5 Å². The van der Waals surface area contributed by atoms with Gasteiger partial charge in [-0.2, -0.15) is 0 Å². The second-order valence-corrected chi connectivity index (χ2v) is 5.10. The van der Waals surface area contributed by atoms with Gasteiger partial charge in [0.1, 0.15) is 11.8 Å². The summed E-state index contributed by atoms with van der Waals surface area (Å²) in [5.74, 6) is 0.748. The van der Waals surface area contributed by atoms with Crippen molar-refractivity contribution in [1.29, 1.82) is 0 Å². The lowest BCUT2D eigenvalue weighted by Crippen LogP contribution is -2.09. The monoisotopic (exact) mass is 297 g/mol. The van der Waals surface area contributed by atoms with Crippen molar-refractivity contribution < 1.29 is 4.74 Å². The zero-order chi connectivity index (χ0) is 15.4. The van der Waals surface area contributed by atoms with Crippen LogP contribution in [0.5, 0.6) is 0 Å². The molecule has 0 amide bonds. The third-order valence-electron chi connectivity index (χ3n) is 3.59. The Morgan fingerprint density at radius 1 is 1.18 bits per heavy atom. The minimum atomic E-state index is 0.142. The van der Waals surface area contributed by atoms with E-state index in [4.69, 9.17) is 4.74 Å². The van der Waals surface area contributed by atoms with Gasteiger partial charge in [-0.1, -0.05) is 30.3 Å². The SMILES string of the molecule is COCCn1cnc2c(NC(C)c3ccccc3)ncnc21. The number of methoxy groups -OCH3 is 1. The number of imidazole rings is 1. The second kappa shape index (κ2) is 6.53. The van der Waals surface area contributed by atoms with Gasteiger partial charge >= 0.3 is 0 Å². The van der Waals surface area contributed by atoms with Crippen molar-refractivity contribution in [1.82, 2.24) is 19.5 Å². The number of aromatic nitrogens is 4. The first kappa shape index (κ1) is 14.5. The molecule has 1 N–H and O–H groups in total. The number of hydrogen-bond acceptors (Lipinski definition) is 5. The average molecular weight is 297 g/mol. The topological polar surface area (TPSA) is 64.9 Å². The zero-order valence-electron chi connectivity index (χ0n) is 12.7. The molecule has 22 heavy (non-hydrogen) atoms. The highest BCUT2D eigenvalue weighted by molar-refractivity contribution is 5.82. The largest absolute Gasteiger partial charge is 0.383 e. The molecule has 0 bridgehead atoms. The summed E-state index contributed by atoms with van der Waals surface area (Å²) in [6.45, 7) is 3.45. The Morgan fingerprint density at radius 2 is 2.00 bits per heavy atom. The fourth-order valence-corrected chi connectivity index (χ4v) is 2.37. The maximum atomic E-state index is 5.11. The van der Waals surface area contributed by atoms with Crippen LogP contribution in [0.2, 0.25) is 0 Å². The number of rotatable bonds is 6. The van der Waals surface area contributed by atoms with Gasteiger partial charge in [0.25, 0.3) is 0 Å². The molecule has 3 aromatic rings. The van der Waals surface area contributed by atoms with Crippen LogP contribution in [-0.2, 0) is 11.3 Å². The maximum Gasteiger partial charge on any atom is 0.165 e. The van der Waals surface area contributed by atoms with E-state index in [0.717, 1.165) is 23.5 Å². The van der Waals surface area contributed by atoms with Crippen LogP contribution < -0.4 is 5.32 Å². The smallest absolute Gasteiger partial charge is 0.165 e. The fourth-order valence-electron chi connectivity index (χ4n) is 2.37. The van der Waals surface area contributed by atoms with E-state index < -0.39 is 0 Å². The van der Waals surface area contributed by atoms with E-state index in [1.807, 2.05) is 22.8 Å². The molecule has 3 rings (SSSR count). The number of anilines is 1. The fraction of sp³-hybridized carbons (Fsp3) is 0.312. The van der Waals surface area contributed by atoms with Crippen LogP contribution in [0.15, 0.2) is 43.0 Å². The zero-order valence-corrected chi connectivity index (χ0v) is 12.7. The van der Waals surface area contributed by atoms with Gasteiger partial charge in [0.2, 0.25) is 0 Å². The number of benzene rings is 1. The Balaban J connectivity index is 1.86. The molecule has 0 spiro atoms. The number of ether oxygens (including phenoxy) is 1. The van der Waals surface area contributed by atoms with E-state index in [0.29, 0.717) is 6.61 Å². The van der Waals surface area contributed by atoms with Gasteiger partial charge in [-0.25, -0.2) is 15.0 Å². The molecule has 0 aliphatic rings. The Kier molecular flexibility index (Phi) is 4.29. The number of hydrogen-bond donors (Lipinski definition) is 1. The van der Waals surface area contributed by atoms with Crippen molar-refractivity contribution in [2.75, 3.05) is 19.0 Å². The summed E-state index contributed by atoms with van der Waals surface area (Å²) in [4.78, 5) is 13.1. The highest BCUT2D eigenvalue weighted by Gasteiger charge is 2.12. The Hall–Kier alpha value is -2.47. The van der Waals surface area contributed by atoms with E-state index in [1.165, 1.54) is 5.56 Å². The van der Waals surface area contributed by atoms with E-state index in [2.05, 4.69) is 39.3 Å². The molecule has 1 aromatic carbocycles. The Morgan fingerprint density at radius 3 is 2.77 bits per heavy atom. The van der Waals surface area contributed by atoms with E-state index in [9.17, 15) is 0 Å². The first-order chi connectivity index (χ1) is 10.8. The first-order valence-corrected chi connectivity index (χ1v) is 7.26. The van der Waals surface area contributed by atoms with E-state index >= 15 is 0 Å². The highest BCUT2D eigenvalue weighted by atomic mass is 16.5. The summed E-state index contributed by atoms with van der Waals surface area (Å²) >= 11 is 0. The molecule has 0 fully saturated rings. The molecule has 0 saturated heterocycles. The maximum absolute atomic E-state index is 5.11. The summed E-state index contributed by atoms with van der Waals surface area (Å²) in [6.07, 6.45) is 3.34. The van der Waals surface area contributed by atoms with Crippen molar-refractivity contribution in [3.05, 3.63) is 48.5 Å². The van der Waals surface area contributed by atoms with Crippen molar-refractivity contribution >= 4 is 17.0 Å². The summed E-state index contributed by atoms with van der Waals surface area (Å²) in [5, 5.41) is 3.41. The lowest BCUT2D eigenvalue weighted by atomic mass is 10.1. The molecule has 2 heterocycles. The molecule has 114 valence electrons. The van der Waals surface area contributed by atoms with Gasteiger partial charge in [-0.15, -0.1) is 0 Å². The summed E-state index contributed by atoms with van der Waals surface area (Å²) in [7, 11) is 1.68. The average Bonchev–Trinajstić information content (AvgIpc) is 2.98. The van der Waals surface area contributed by atoms with Gasteiger partial charge in [0.15, 0.2) is 11.5 Å². The minimum Gasteiger partial charge on any atom is -0.383 e. The predicted octanol–water partition coefficient (Wildman–Crippen LogP) is 2.65. The van der Waals surface area contributed by atoms with Crippen LogP contribution in [0.25, 0.3) is 11.2 Å². The van der Waals surface area contributed by atoms with Gasteiger partial charge in [0.05, 0.1) is 19.0 Å². The normalized spacial score (nSPS) is 12.5. The third kappa shape index (κ3) is 2.92. The van der Waals surface area contributed by atoms with E-state index in [1.54, 1.807) is 19.8 Å². The molecule has 0 aliphatic heterocycles. The van der Waals surface area contributed by atoms with Crippen LogP contribution in [-0.4, -0.2) is 33.2 Å². The van der Waals surface area contributed by atoms with Gasteiger partial charge in [-0.3, -0.25) is 0 Å². The number of nitrogens with one attached hydrogen (secondary N) is 1. The van der Waals surface area contributed by atoms with Crippen LogP contribution >= 0.6 is 0 Å². The molecule has 6 nitrogen and oxygen atoms in total. The first-order valence-electron chi connectivity index (χ1n) is 7.26. The summed E-state index contributed by atoms with van der Waals surface area (Å²) in [6, 6.07) is 10.4. The standard InChI is InChI=1S/C16H19N5O/c1-12(13-6-4-3-5-7-13)20-15-14-16(18-10-17-15)21(11-19-14)8-9-22-2/h3-7,10-12H,8-9H2,1-2H3,(H,17,18,20). The van der Waals surface area contributed by atoms with Crippen LogP contribution in [0.3, 0.4) is 0 Å². The van der Waals surface area contributed by atoms with Gasteiger partial charge in [-0.05, 0) is 12.5 Å². The summed E-state index contributed by atoms with van der Waals surface area (Å²) in [5.41, 5.74) is 2.80. The lowest BCUT2D eigenvalue weighted by molar-refractivity contribution is 0.188. The molecule has 2 aromatic heterocycles. The molecule has 0 aliphatic carbocycles. The van der Waals surface area contributed by atoms with Crippen LogP contribution in [0.4, 0.5) is 5.82 Å². The molecule has 1 atom stereocenters.